The third-order valence-corrected chi connectivity index (χ3v) is 3.88. The van der Waals surface area contributed by atoms with Crippen LogP contribution in [0.5, 0.6) is 0 Å². The average Bonchev–Trinajstić information content (AvgIpc) is 2.34. The maximum atomic E-state index is 3.90. The second-order valence-corrected chi connectivity index (χ2v) is 5.04. The summed E-state index contributed by atoms with van der Waals surface area (Å²) in [6.45, 7) is 6.35. The van der Waals surface area contributed by atoms with Gasteiger partial charge in [0, 0.05) is 48.0 Å². The topological polar surface area (TPSA) is 6.48 Å². The van der Waals surface area contributed by atoms with E-state index in [0.717, 1.165) is 12.1 Å². The molecule has 0 aromatic rings. The van der Waals surface area contributed by atoms with Gasteiger partial charge >= 0.3 is 0 Å². The highest BCUT2D eigenvalue weighted by atomic mass is 127. The van der Waals surface area contributed by atoms with Crippen molar-refractivity contribution < 1.29 is 0 Å². The number of hydrogen-bond donors (Lipinski definition) is 0. The second kappa shape index (κ2) is 3.54. The zero-order valence-electron chi connectivity index (χ0n) is 7.25. The molecule has 68 valence electrons. The van der Waals surface area contributed by atoms with E-state index in [2.05, 4.69) is 37.5 Å². The van der Waals surface area contributed by atoms with Crippen molar-refractivity contribution >= 4 is 22.9 Å². The zero-order valence-corrected chi connectivity index (χ0v) is 9.40. The van der Waals surface area contributed by atoms with Crippen molar-refractivity contribution in [1.29, 1.82) is 0 Å². The highest BCUT2D eigenvalue weighted by Gasteiger charge is 2.34. The Hall–Kier alpha value is 0.230. The monoisotopic (exact) mass is 278 g/mol. The van der Waals surface area contributed by atoms with Crippen LogP contribution in [0.1, 0.15) is 19.3 Å². The van der Waals surface area contributed by atoms with Gasteiger partial charge in [-0.3, -0.25) is 0 Å². The first-order valence-corrected chi connectivity index (χ1v) is 5.58. The molecule has 2 rings (SSSR count). The van der Waals surface area contributed by atoms with Gasteiger partial charge in [0.05, 0.1) is 0 Å². The minimum Gasteiger partial charge on any atom is -0.371 e. The van der Waals surface area contributed by atoms with E-state index in [9.17, 15) is 0 Å². The van der Waals surface area contributed by atoms with Gasteiger partial charge in [-0.25, -0.2) is 3.11 Å². The predicted molar refractivity (Wildman–Crippen MR) is 59.1 cm³/mol. The summed E-state index contributed by atoms with van der Waals surface area (Å²) < 4.78 is 2.41. The van der Waals surface area contributed by atoms with Crippen molar-refractivity contribution in [2.45, 2.75) is 31.3 Å². The van der Waals surface area contributed by atoms with E-state index < -0.39 is 0 Å². The standard InChI is InChI=1S/C9H15IN2/c1-2-12-8-3-4-9(12)7-11(10)6-5-8/h2,8-9H,1,3-7H2. The number of hydrogen-bond acceptors (Lipinski definition) is 2. The summed E-state index contributed by atoms with van der Waals surface area (Å²) in [5.74, 6) is 0. The van der Waals surface area contributed by atoms with E-state index in [1.807, 2.05) is 6.20 Å². The van der Waals surface area contributed by atoms with Crippen LogP contribution in [0.2, 0.25) is 0 Å². The molecule has 2 bridgehead atoms. The minimum absolute atomic E-state index is 0.742. The quantitative estimate of drug-likeness (QED) is 0.535. The highest BCUT2D eigenvalue weighted by molar-refractivity contribution is 14.1. The summed E-state index contributed by atoms with van der Waals surface area (Å²) in [7, 11) is 0. The predicted octanol–water partition coefficient (Wildman–Crippen LogP) is 2.02. The Bertz CT molecular complexity index is 183. The fourth-order valence-electron chi connectivity index (χ4n) is 2.37. The van der Waals surface area contributed by atoms with E-state index >= 15 is 0 Å². The number of fused-ring (bicyclic) bond motifs is 2. The first kappa shape index (κ1) is 8.81. The summed E-state index contributed by atoms with van der Waals surface area (Å²) in [5, 5.41) is 0. The largest absolute Gasteiger partial charge is 0.371 e. The second-order valence-electron chi connectivity index (χ2n) is 3.67. The van der Waals surface area contributed by atoms with E-state index in [1.54, 1.807) is 0 Å². The number of halogens is 1. The Labute approximate surface area is 88.1 Å². The molecule has 2 aliphatic heterocycles. The average molecular weight is 278 g/mol. The van der Waals surface area contributed by atoms with E-state index in [4.69, 9.17) is 0 Å². The van der Waals surface area contributed by atoms with Gasteiger partial charge in [-0.1, -0.05) is 6.58 Å². The SMILES string of the molecule is C=CN1C2CCC1CN(I)CC2. The fourth-order valence-corrected chi connectivity index (χ4v) is 3.10. The molecular weight excluding hydrogens is 263 g/mol. The van der Waals surface area contributed by atoms with Gasteiger partial charge in [-0.15, -0.1) is 0 Å². The smallest absolute Gasteiger partial charge is 0.0423 e. The molecule has 0 aromatic heterocycles. The van der Waals surface area contributed by atoms with Gasteiger partial charge in [0.1, 0.15) is 0 Å². The van der Waals surface area contributed by atoms with Crippen LogP contribution in [0.3, 0.4) is 0 Å². The maximum absolute atomic E-state index is 3.90. The van der Waals surface area contributed by atoms with Gasteiger partial charge in [0.25, 0.3) is 0 Å². The van der Waals surface area contributed by atoms with Crippen LogP contribution in [-0.4, -0.2) is 33.2 Å². The van der Waals surface area contributed by atoms with E-state index in [0.29, 0.717) is 0 Å². The molecule has 2 unspecified atom stereocenters. The lowest BCUT2D eigenvalue weighted by Crippen LogP contribution is -2.32. The van der Waals surface area contributed by atoms with Crippen molar-refractivity contribution in [3.05, 3.63) is 12.8 Å². The fraction of sp³-hybridized carbons (Fsp3) is 0.778. The van der Waals surface area contributed by atoms with Gasteiger partial charge in [0.15, 0.2) is 0 Å². The molecule has 0 amide bonds. The first-order chi connectivity index (χ1) is 5.81. The summed E-state index contributed by atoms with van der Waals surface area (Å²) >= 11 is 2.44. The lowest BCUT2D eigenvalue weighted by Gasteiger charge is -2.25. The molecule has 2 atom stereocenters. The first-order valence-electron chi connectivity index (χ1n) is 4.62. The molecule has 0 saturated carbocycles. The molecule has 0 spiro atoms. The van der Waals surface area contributed by atoms with Gasteiger partial charge in [0.2, 0.25) is 0 Å². The summed E-state index contributed by atoms with van der Waals surface area (Å²) in [6.07, 6.45) is 6.08. The Morgan fingerprint density at radius 2 is 2.00 bits per heavy atom. The molecule has 2 heterocycles. The lowest BCUT2D eigenvalue weighted by atomic mass is 10.1. The summed E-state index contributed by atoms with van der Waals surface area (Å²) in [4.78, 5) is 2.47. The van der Waals surface area contributed by atoms with Crippen LogP contribution in [0.4, 0.5) is 0 Å². The summed E-state index contributed by atoms with van der Waals surface area (Å²) in [6, 6.07) is 1.53. The third-order valence-electron chi connectivity index (χ3n) is 3.00. The summed E-state index contributed by atoms with van der Waals surface area (Å²) in [5.41, 5.74) is 0. The molecule has 3 heteroatoms. The molecule has 2 fully saturated rings. The Morgan fingerprint density at radius 3 is 2.75 bits per heavy atom. The van der Waals surface area contributed by atoms with Crippen LogP contribution >= 0.6 is 22.9 Å². The molecule has 2 nitrogen and oxygen atoms in total. The molecule has 0 N–H and O–H groups in total. The van der Waals surface area contributed by atoms with Crippen LogP contribution in [0, 0.1) is 0 Å². The van der Waals surface area contributed by atoms with Crippen LogP contribution in [0.25, 0.3) is 0 Å². The van der Waals surface area contributed by atoms with Crippen molar-refractivity contribution in [2.75, 3.05) is 13.1 Å². The molecule has 12 heavy (non-hydrogen) atoms. The number of nitrogens with zero attached hydrogens (tertiary/aromatic N) is 2. The third kappa shape index (κ3) is 1.48. The molecular formula is C9H15IN2. The van der Waals surface area contributed by atoms with Crippen molar-refractivity contribution in [3.63, 3.8) is 0 Å². The van der Waals surface area contributed by atoms with Gasteiger partial charge in [-0.05, 0) is 25.5 Å². The number of rotatable bonds is 1. The normalized spacial score (nSPS) is 36.6. The van der Waals surface area contributed by atoms with Gasteiger partial charge in [-0.2, -0.15) is 0 Å². The molecule has 0 aromatic carbocycles. The van der Waals surface area contributed by atoms with Gasteiger partial charge < -0.3 is 4.90 Å². The van der Waals surface area contributed by atoms with Crippen molar-refractivity contribution in [2.24, 2.45) is 0 Å². The highest BCUT2D eigenvalue weighted by Crippen LogP contribution is 2.30. The molecule has 0 aliphatic carbocycles. The molecule has 2 aliphatic rings. The van der Waals surface area contributed by atoms with Crippen LogP contribution < -0.4 is 0 Å². The van der Waals surface area contributed by atoms with Crippen LogP contribution in [-0.2, 0) is 0 Å². The van der Waals surface area contributed by atoms with E-state index in [-0.39, 0.29) is 0 Å². The Kier molecular flexibility index (Phi) is 2.60. The van der Waals surface area contributed by atoms with E-state index in [1.165, 1.54) is 32.4 Å². The minimum atomic E-state index is 0.742. The molecule has 0 radical (unpaired) electrons. The maximum Gasteiger partial charge on any atom is 0.0423 e. The zero-order chi connectivity index (χ0) is 8.55. The van der Waals surface area contributed by atoms with Crippen molar-refractivity contribution in [1.82, 2.24) is 8.01 Å². The molecule has 2 saturated heterocycles. The van der Waals surface area contributed by atoms with Crippen LogP contribution in [0.15, 0.2) is 12.8 Å². The lowest BCUT2D eigenvalue weighted by molar-refractivity contribution is 0.286. The Morgan fingerprint density at radius 1 is 1.25 bits per heavy atom. The Balaban J connectivity index is 2.11. The van der Waals surface area contributed by atoms with Crippen molar-refractivity contribution in [3.8, 4) is 0 Å².